The third-order valence-electron chi connectivity index (χ3n) is 2.64. The van der Waals surface area contributed by atoms with Crippen LogP contribution in [0.2, 0.25) is 0 Å². The summed E-state index contributed by atoms with van der Waals surface area (Å²) in [6.07, 6.45) is -21.0. The largest absolute Gasteiger partial charge is 0.497 e. The Hall–Kier alpha value is -1.06. The van der Waals surface area contributed by atoms with E-state index in [0.29, 0.717) is 12.1 Å². The number of hydrogen-bond acceptors (Lipinski definition) is 3. The molecule has 0 heterocycles. The van der Waals surface area contributed by atoms with Gasteiger partial charge in [-0.05, 0) is 44.4 Å². The van der Waals surface area contributed by atoms with Crippen LogP contribution in [0.4, 0.5) is 0 Å². The monoisotopic (exact) mass is 298 g/mol. The van der Waals surface area contributed by atoms with Crippen LogP contribution in [0.25, 0.3) is 0 Å². The lowest BCUT2D eigenvalue weighted by Crippen LogP contribution is -2.42. The topological polar surface area (TPSA) is 32.7 Å². The number of likely N-dealkylation sites (N-methyl/N-ethyl adjacent to an activating group) is 1. The minimum atomic E-state index is -4.40. The van der Waals surface area contributed by atoms with Crippen molar-refractivity contribution in [1.82, 2.24) is 4.90 Å². The van der Waals surface area contributed by atoms with Gasteiger partial charge in [0.15, 0.2) is 0 Å². The van der Waals surface area contributed by atoms with E-state index in [-0.39, 0.29) is 0 Å². The molecule has 1 aromatic carbocycles. The van der Waals surface area contributed by atoms with Crippen LogP contribution >= 0.6 is 0 Å². The second-order valence-electron chi connectivity index (χ2n) is 3.96. The molecule has 20 heavy (non-hydrogen) atoms. The molecular formula is C17H27NO2. The van der Waals surface area contributed by atoms with E-state index < -0.39 is 87.1 Å². The van der Waals surface area contributed by atoms with Crippen LogP contribution in [0, 0.1) is 0 Å². The molecular weight excluding hydrogens is 250 g/mol. The summed E-state index contributed by atoms with van der Waals surface area (Å²) >= 11 is 0. The molecule has 1 N–H and O–H groups in total. The van der Waals surface area contributed by atoms with Gasteiger partial charge in [0, 0.05) is 37.1 Å². The predicted octanol–water partition coefficient (Wildman–Crippen LogP) is 3.04. The third kappa shape index (κ3) is 3.53. The molecule has 1 atom stereocenters. The average Bonchev–Trinajstić information content (AvgIpc) is 2.69. The van der Waals surface area contributed by atoms with Crippen molar-refractivity contribution in [3.05, 3.63) is 29.8 Å². The van der Waals surface area contributed by atoms with E-state index >= 15 is 0 Å². The average molecular weight is 299 g/mol. The fourth-order valence-electron chi connectivity index (χ4n) is 1.73. The van der Waals surface area contributed by atoms with Crippen LogP contribution in [0.3, 0.4) is 0 Å². The Kier molecular flexibility index (Phi) is 1.20. The maximum absolute atomic E-state index is 12.0. The van der Waals surface area contributed by atoms with Gasteiger partial charge in [0.25, 0.3) is 0 Å². The molecule has 3 nitrogen and oxygen atoms in total. The van der Waals surface area contributed by atoms with Crippen LogP contribution in [0.15, 0.2) is 24.3 Å². The summed E-state index contributed by atoms with van der Waals surface area (Å²) in [6.45, 7) is -11.9. The molecule has 0 spiro atoms. The molecule has 0 unspecified atom stereocenters. The lowest BCUT2D eigenvalue weighted by molar-refractivity contribution is -0.0277. The standard InChI is InChI=1S/C17H27NO2/c1-18(2)13-16(17(19)11-5-4-6-12-17)14-7-9-15(20-3)10-8-14/h7-10,16,19H,4-6,11-13H2,1-3H3/t16-/m1/s1/i1D3,2D3,3D3,4D2,5D2,6D2,11D2,12D2,13D2. The van der Waals surface area contributed by atoms with Crippen LogP contribution in [0.5, 0.6) is 5.75 Å². The smallest absolute Gasteiger partial charge is 0.118 e. The van der Waals surface area contributed by atoms with E-state index in [1.54, 1.807) is 0 Å². The second-order valence-corrected chi connectivity index (χ2v) is 3.96. The number of hydrogen-bond donors (Lipinski definition) is 1. The zero-order chi connectivity index (χ0) is 32.8. The maximum atomic E-state index is 12.0. The number of nitrogens with zero attached hydrogens (tertiary/aromatic N) is 1. The lowest BCUT2D eigenvalue weighted by Gasteiger charge is -2.40. The van der Waals surface area contributed by atoms with E-state index in [1.807, 2.05) is 0 Å². The molecule has 3 heteroatoms. The van der Waals surface area contributed by atoms with Gasteiger partial charge < -0.3 is 14.7 Å². The summed E-state index contributed by atoms with van der Waals surface area (Å²) in [5.74, 6) is -3.58. The van der Waals surface area contributed by atoms with Crippen LogP contribution in [-0.2, 0) is 0 Å². The second kappa shape index (κ2) is 6.59. The Labute approximate surface area is 152 Å². The van der Waals surface area contributed by atoms with Crippen LogP contribution in [0.1, 0.15) is 72.1 Å². The zero-order valence-electron chi connectivity index (χ0n) is 31.2. The quantitative estimate of drug-likeness (QED) is 0.907. The van der Waals surface area contributed by atoms with Crippen molar-refractivity contribution in [3.63, 3.8) is 0 Å². The number of benzene rings is 1. The van der Waals surface area contributed by atoms with Crippen molar-refractivity contribution in [2.45, 2.75) is 43.4 Å². The molecule has 1 saturated carbocycles. The van der Waals surface area contributed by atoms with E-state index in [0.717, 1.165) is 12.1 Å². The number of aliphatic hydroxyl groups is 1. The first kappa shape index (κ1) is 3.64. The van der Waals surface area contributed by atoms with Crippen molar-refractivity contribution in [2.75, 3.05) is 27.5 Å². The molecule has 0 radical (unpaired) electrons. The van der Waals surface area contributed by atoms with Gasteiger partial charge in [-0.25, -0.2) is 0 Å². The molecule has 0 aromatic heterocycles. The maximum Gasteiger partial charge on any atom is 0.118 e. The third-order valence-corrected chi connectivity index (χ3v) is 2.64. The van der Waals surface area contributed by atoms with E-state index in [4.69, 9.17) is 28.8 Å². The first-order chi connectivity index (χ1) is 17.7. The highest BCUT2D eigenvalue weighted by molar-refractivity contribution is 5.31. The van der Waals surface area contributed by atoms with Gasteiger partial charge in [-0.2, -0.15) is 0 Å². The lowest BCUT2D eigenvalue weighted by atomic mass is 9.72. The molecule has 0 aliphatic heterocycles. The Bertz CT molecular complexity index is 1070. The number of methoxy groups -OCH3 is 1. The highest BCUT2D eigenvalue weighted by Gasteiger charge is 2.38. The van der Waals surface area contributed by atoms with Gasteiger partial charge in [0.1, 0.15) is 5.75 Å². The van der Waals surface area contributed by atoms with E-state index in [2.05, 4.69) is 4.74 Å². The van der Waals surface area contributed by atoms with Crippen molar-refractivity contribution in [1.29, 1.82) is 0 Å². The minimum Gasteiger partial charge on any atom is -0.497 e. The van der Waals surface area contributed by atoms with Crippen LogP contribution < -0.4 is 4.74 Å². The van der Waals surface area contributed by atoms with Gasteiger partial charge in [-0.3, -0.25) is 0 Å². The van der Waals surface area contributed by atoms with Crippen molar-refractivity contribution in [2.24, 2.45) is 0 Å². The minimum absolute atomic E-state index is 0.444. The summed E-state index contributed by atoms with van der Waals surface area (Å²) in [5.41, 5.74) is -5.24. The highest BCUT2D eigenvalue weighted by atomic mass is 16.5. The molecule has 1 fully saturated rings. The van der Waals surface area contributed by atoms with Crippen molar-refractivity contribution < 1.29 is 38.6 Å². The Morgan fingerprint density at radius 3 is 2.65 bits per heavy atom. The van der Waals surface area contributed by atoms with E-state index in [9.17, 15) is 5.11 Å². The Balaban J connectivity index is 3.14. The molecule has 0 bridgehead atoms. The molecule has 1 aliphatic carbocycles. The Morgan fingerprint density at radius 2 is 2.05 bits per heavy atom. The van der Waals surface area contributed by atoms with Gasteiger partial charge in [0.05, 0.1) is 16.8 Å². The Morgan fingerprint density at radius 1 is 1.35 bits per heavy atom. The summed E-state index contributed by atoms with van der Waals surface area (Å²) in [4.78, 5) is -0.775. The highest BCUT2D eigenvalue weighted by Crippen LogP contribution is 2.40. The number of rotatable bonds is 5. The van der Waals surface area contributed by atoms with Crippen molar-refractivity contribution in [3.8, 4) is 5.75 Å². The summed E-state index contributed by atoms with van der Waals surface area (Å²) < 4.78 is 172. The summed E-state index contributed by atoms with van der Waals surface area (Å²) in [7, 11) is -3.01. The first-order valence-corrected chi connectivity index (χ1v) is 5.49. The molecule has 1 aromatic rings. The molecule has 0 saturated heterocycles. The van der Waals surface area contributed by atoms with Gasteiger partial charge >= 0.3 is 0 Å². The predicted molar refractivity (Wildman–Crippen MR) is 82.3 cm³/mol. The normalized spacial score (nSPS) is 50.6. The van der Waals surface area contributed by atoms with Crippen LogP contribution in [-0.4, -0.2) is 43.1 Å². The summed E-state index contributed by atoms with van der Waals surface area (Å²) in [6, 6.07) is 2.97. The fraction of sp³-hybridized carbons (Fsp3) is 0.647. The molecule has 112 valence electrons. The fourth-order valence-corrected chi connectivity index (χ4v) is 1.73. The summed E-state index contributed by atoms with van der Waals surface area (Å²) in [5, 5.41) is 12.0. The molecule has 2 rings (SSSR count). The van der Waals surface area contributed by atoms with Gasteiger partial charge in [0.2, 0.25) is 0 Å². The molecule has 0 amide bonds. The van der Waals surface area contributed by atoms with Gasteiger partial charge in [-0.1, -0.05) is 31.3 Å². The zero-order valence-corrected chi connectivity index (χ0v) is 10.2. The van der Waals surface area contributed by atoms with Gasteiger partial charge in [-0.15, -0.1) is 0 Å². The SMILES string of the molecule is [2H]C([2H])([2H])Oc1ccc([C@@H](C([2H])([2H])N(C([2H])([2H])[2H])C([2H])([2H])[2H])C2(O)C([2H])([2H])C([2H])([2H])C([2H])([2H])C([2H])([2H])C2([2H])[2H])cc1. The first-order valence-electron chi connectivity index (χ1n) is 16.0. The van der Waals surface area contributed by atoms with E-state index in [1.165, 1.54) is 0 Å². The number of ether oxygens (including phenoxy) is 1. The molecule has 1 aliphatic rings. The van der Waals surface area contributed by atoms with Crippen molar-refractivity contribution >= 4 is 0 Å².